The monoisotopic (exact) mass is 384 g/mol. The number of hydrogen-bond acceptors (Lipinski definition) is 5. The molecule has 0 aliphatic heterocycles. The Kier molecular flexibility index (Phi) is 4.44. The van der Waals surface area contributed by atoms with Crippen LogP contribution in [0.25, 0.3) is 11.0 Å². The highest BCUT2D eigenvalue weighted by Gasteiger charge is 2.16. The fourth-order valence-corrected chi connectivity index (χ4v) is 3.04. The predicted octanol–water partition coefficient (Wildman–Crippen LogP) is 4.63. The largest absolute Gasteiger partial charge is 0.337 e. The van der Waals surface area contributed by atoms with E-state index in [0.717, 1.165) is 11.3 Å². The molecule has 26 heavy (non-hydrogen) atoms. The van der Waals surface area contributed by atoms with Crippen molar-refractivity contribution in [3.05, 3.63) is 69.8 Å². The second-order valence-electron chi connectivity index (χ2n) is 5.87. The van der Waals surface area contributed by atoms with Crippen LogP contribution in [0, 0.1) is 6.92 Å². The molecule has 4 aromatic rings. The second-order valence-corrected chi connectivity index (χ2v) is 6.63. The summed E-state index contributed by atoms with van der Waals surface area (Å²) in [6.07, 6.45) is 0. The van der Waals surface area contributed by atoms with Gasteiger partial charge in [0.05, 0.1) is 6.54 Å². The minimum atomic E-state index is 0.242. The number of nitrogens with one attached hydrogen (secondary N) is 1. The Morgan fingerprint density at radius 2 is 1.73 bits per heavy atom. The van der Waals surface area contributed by atoms with Crippen LogP contribution in [0.4, 0.5) is 11.5 Å². The lowest BCUT2D eigenvalue weighted by Crippen LogP contribution is -2.04. The first-order valence-corrected chi connectivity index (χ1v) is 8.70. The number of hydrogen-bond donors (Lipinski definition) is 1. The molecule has 0 saturated carbocycles. The fourth-order valence-electron chi connectivity index (χ4n) is 2.62. The third-order valence-electron chi connectivity index (χ3n) is 3.98. The molecule has 8 heteroatoms. The van der Waals surface area contributed by atoms with Gasteiger partial charge in [-0.05, 0) is 30.7 Å². The van der Waals surface area contributed by atoms with Crippen molar-refractivity contribution < 1.29 is 0 Å². The number of halogens is 2. The Bertz CT molecular complexity index is 1070. The standard InChI is InChI=1S/C18H14Cl2N6/c1-11-6-8-13(9-7-11)21-18-15-16(17(20)23-24-18)26(25-22-15)10-12-4-2-3-5-14(12)19/h2-9H,10H2,1H3,(H,21,24). The van der Waals surface area contributed by atoms with Crippen molar-refractivity contribution in [3.8, 4) is 0 Å². The lowest BCUT2D eigenvalue weighted by atomic mass is 10.2. The van der Waals surface area contributed by atoms with E-state index in [1.54, 1.807) is 4.68 Å². The molecule has 1 N–H and O–H groups in total. The molecular weight excluding hydrogens is 371 g/mol. The number of rotatable bonds is 4. The summed E-state index contributed by atoms with van der Waals surface area (Å²) in [5.41, 5.74) is 4.14. The molecule has 0 fully saturated rings. The first kappa shape index (κ1) is 16.8. The van der Waals surface area contributed by atoms with E-state index < -0.39 is 0 Å². The van der Waals surface area contributed by atoms with Crippen molar-refractivity contribution in [2.45, 2.75) is 13.5 Å². The van der Waals surface area contributed by atoms with Crippen LogP contribution in [-0.4, -0.2) is 25.2 Å². The van der Waals surface area contributed by atoms with Crippen molar-refractivity contribution in [2.75, 3.05) is 5.32 Å². The quantitative estimate of drug-likeness (QED) is 0.555. The molecule has 0 spiro atoms. The van der Waals surface area contributed by atoms with E-state index in [1.165, 1.54) is 5.56 Å². The molecule has 2 aromatic heterocycles. The van der Waals surface area contributed by atoms with Gasteiger partial charge in [-0.15, -0.1) is 15.3 Å². The summed E-state index contributed by atoms with van der Waals surface area (Å²) < 4.78 is 1.67. The molecule has 0 unspecified atom stereocenters. The van der Waals surface area contributed by atoms with Crippen LogP contribution in [0.3, 0.4) is 0 Å². The molecule has 0 aliphatic carbocycles. The van der Waals surface area contributed by atoms with Gasteiger partial charge in [-0.3, -0.25) is 0 Å². The zero-order valence-corrected chi connectivity index (χ0v) is 15.3. The van der Waals surface area contributed by atoms with Crippen molar-refractivity contribution in [3.63, 3.8) is 0 Å². The van der Waals surface area contributed by atoms with E-state index >= 15 is 0 Å². The van der Waals surface area contributed by atoms with Gasteiger partial charge in [0.15, 0.2) is 16.5 Å². The van der Waals surface area contributed by atoms with E-state index in [1.807, 2.05) is 55.5 Å². The minimum absolute atomic E-state index is 0.242. The van der Waals surface area contributed by atoms with Gasteiger partial charge < -0.3 is 5.32 Å². The average molecular weight is 385 g/mol. The number of nitrogens with zero attached hydrogens (tertiary/aromatic N) is 5. The average Bonchev–Trinajstić information content (AvgIpc) is 3.06. The van der Waals surface area contributed by atoms with Gasteiger partial charge in [0, 0.05) is 10.7 Å². The van der Waals surface area contributed by atoms with E-state index in [0.29, 0.717) is 28.4 Å². The number of benzene rings is 2. The van der Waals surface area contributed by atoms with Gasteiger partial charge in [-0.25, -0.2) is 4.68 Å². The highest BCUT2D eigenvalue weighted by Crippen LogP contribution is 2.27. The first-order valence-electron chi connectivity index (χ1n) is 7.94. The third kappa shape index (κ3) is 3.21. The Balaban J connectivity index is 1.73. The van der Waals surface area contributed by atoms with E-state index in [-0.39, 0.29) is 5.15 Å². The first-order chi connectivity index (χ1) is 12.6. The summed E-state index contributed by atoms with van der Waals surface area (Å²) in [6, 6.07) is 15.5. The molecular formula is C18H14Cl2N6. The molecule has 2 heterocycles. The number of anilines is 2. The second kappa shape index (κ2) is 6.90. The maximum atomic E-state index is 6.27. The van der Waals surface area contributed by atoms with Gasteiger partial charge in [0.1, 0.15) is 5.52 Å². The van der Waals surface area contributed by atoms with Gasteiger partial charge in [-0.1, -0.05) is 64.3 Å². The van der Waals surface area contributed by atoms with E-state index in [4.69, 9.17) is 23.2 Å². The molecule has 0 saturated heterocycles. The molecule has 6 nitrogen and oxygen atoms in total. The lowest BCUT2D eigenvalue weighted by molar-refractivity contribution is 0.669. The molecule has 0 bridgehead atoms. The summed E-state index contributed by atoms with van der Waals surface area (Å²) in [6.45, 7) is 2.47. The molecule has 0 radical (unpaired) electrons. The van der Waals surface area contributed by atoms with Gasteiger partial charge in [0.25, 0.3) is 0 Å². The molecule has 0 amide bonds. The maximum absolute atomic E-state index is 6.27. The van der Waals surface area contributed by atoms with Crippen molar-refractivity contribution in [1.82, 2.24) is 25.2 Å². The molecule has 130 valence electrons. The van der Waals surface area contributed by atoms with Crippen LogP contribution < -0.4 is 5.32 Å². The summed E-state index contributed by atoms with van der Waals surface area (Å²) in [5.74, 6) is 0.499. The minimum Gasteiger partial charge on any atom is -0.337 e. The SMILES string of the molecule is Cc1ccc(Nc2nnc(Cl)c3c2nnn3Cc2ccccc2Cl)cc1. The molecule has 2 aromatic carbocycles. The Hall–Kier alpha value is -2.70. The smallest absolute Gasteiger partial charge is 0.183 e. The zero-order valence-electron chi connectivity index (χ0n) is 13.8. The zero-order chi connectivity index (χ0) is 18.1. The van der Waals surface area contributed by atoms with Crippen molar-refractivity contribution in [1.29, 1.82) is 0 Å². The normalized spacial score (nSPS) is 11.0. The van der Waals surface area contributed by atoms with E-state index in [2.05, 4.69) is 25.8 Å². The van der Waals surface area contributed by atoms with Gasteiger partial charge >= 0.3 is 0 Å². The van der Waals surface area contributed by atoms with Crippen molar-refractivity contribution >= 4 is 45.7 Å². The van der Waals surface area contributed by atoms with Crippen molar-refractivity contribution in [2.24, 2.45) is 0 Å². The summed E-state index contributed by atoms with van der Waals surface area (Å²) in [5, 5.41) is 20.7. The summed E-state index contributed by atoms with van der Waals surface area (Å²) in [4.78, 5) is 0. The van der Waals surface area contributed by atoms with Crippen LogP contribution in [0.15, 0.2) is 48.5 Å². The Morgan fingerprint density at radius 3 is 2.50 bits per heavy atom. The predicted molar refractivity (Wildman–Crippen MR) is 103 cm³/mol. The number of fused-ring (bicyclic) bond motifs is 1. The van der Waals surface area contributed by atoms with Crippen LogP contribution >= 0.6 is 23.2 Å². The highest BCUT2D eigenvalue weighted by atomic mass is 35.5. The molecule has 0 aliphatic rings. The molecule has 0 atom stereocenters. The highest BCUT2D eigenvalue weighted by molar-refractivity contribution is 6.34. The van der Waals surface area contributed by atoms with Gasteiger partial charge in [0.2, 0.25) is 0 Å². The van der Waals surface area contributed by atoms with E-state index in [9.17, 15) is 0 Å². The number of aryl methyl sites for hydroxylation is 1. The lowest BCUT2D eigenvalue weighted by Gasteiger charge is -2.08. The topological polar surface area (TPSA) is 68.5 Å². The Labute approximate surface area is 159 Å². The van der Waals surface area contributed by atoms with Crippen LogP contribution in [-0.2, 0) is 6.54 Å². The van der Waals surface area contributed by atoms with Crippen LogP contribution in [0.1, 0.15) is 11.1 Å². The number of aromatic nitrogens is 5. The Morgan fingerprint density at radius 1 is 0.962 bits per heavy atom. The summed E-state index contributed by atoms with van der Waals surface area (Å²) in [7, 11) is 0. The fraction of sp³-hybridized carbons (Fsp3) is 0.111. The van der Waals surface area contributed by atoms with Crippen LogP contribution in [0.2, 0.25) is 10.2 Å². The maximum Gasteiger partial charge on any atom is 0.183 e. The van der Waals surface area contributed by atoms with Gasteiger partial charge in [-0.2, -0.15) is 0 Å². The van der Waals surface area contributed by atoms with Crippen LogP contribution in [0.5, 0.6) is 0 Å². The summed E-state index contributed by atoms with van der Waals surface area (Å²) >= 11 is 12.5. The third-order valence-corrected chi connectivity index (χ3v) is 4.61. The molecule has 4 rings (SSSR count).